The van der Waals surface area contributed by atoms with Gasteiger partial charge in [-0.2, -0.15) is 0 Å². The number of carboxylic acids is 1. The van der Waals surface area contributed by atoms with E-state index in [-0.39, 0.29) is 12.5 Å². The lowest BCUT2D eigenvalue weighted by Gasteiger charge is -2.16. The highest BCUT2D eigenvalue weighted by atomic mass is 16.5. The van der Waals surface area contributed by atoms with E-state index in [4.69, 9.17) is 9.84 Å². The Labute approximate surface area is 170 Å². The normalized spacial score (nSPS) is 12.4. The fraction of sp³-hybridized carbons (Fsp3) is 0.250. The zero-order valence-corrected chi connectivity index (χ0v) is 16.5. The molecular formula is C24H21NO4. The Kier molecular flexibility index (Phi) is 5.90. The van der Waals surface area contributed by atoms with Gasteiger partial charge in [-0.15, -0.1) is 11.8 Å². The number of alkyl carbamates (subject to hydrolysis) is 1. The van der Waals surface area contributed by atoms with Crippen LogP contribution in [0.3, 0.4) is 0 Å². The Bertz CT molecular complexity index is 1030. The van der Waals surface area contributed by atoms with E-state index in [1.165, 1.54) is 6.92 Å². The zero-order valence-electron chi connectivity index (χ0n) is 16.5. The van der Waals surface area contributed by atoms with Crippen molar-refractivity contribution in [2.24, 2.45) is 0 Å². The third kappa shape index (κ3) is 4.25. The number of benzene rings is 2. The first-order chi connectivity index (χ1) is 13.9. The van der Waals surface area contributed by atoms with Gasteiger partial charge in [0, 0.05) is 17.0 Å². The standard InChI is InChI=1S/C24H21NO4/c1-4-6-16-8-10-18-19-11-9-17(7-5-2)13-21(19)22(20(18)12-16)14-29-24(28)25-15(3)23(26)27/h8-13,15,22H,14H2,1-3H3,(H,25,28)(H,26,27)/t15-/m1/s1. The number of carbonyl (C=O) groups is 2. The Morgan fingerprint density at radius 1 is 1.03 bits per heavy atom. The van der Waals surface area contributed by atoms with E-state index in [0.717, 1.165) is 33.4 Å². The summed E-state index contributed by atoms with van der Waals surface area (Å²) in [6, 6.07) is 11.0. The Balaban J connectivity index is 1.94. The van der Waals surface area contributed by atoms with Gasteiger partial charge < -0.3 is 15.2 Å². The van der Waals surface area contributed by atoms with Gasteiger partial charge in [0.2, 0.25) is 0 Å². The van der Waals surface area contributed by atoms with Crippen molar-refractivity contribution in [2.45, 2.75) is 32.7 Å². The number of carboxylic acid groups (broad SMARTS) is 1. The molecule has 29 heavy (non-hydrogen) atoms. The lowest BCUT2D eigenvalue weighted by Crippen LogP contribution is -2.39. The van der Waals surface area contributed by atoms with E-state index >= 15 is 0 Å². The molecule has 0 aliphatic heterocycles. The maximum Gasteiger partial charge on any atom is 0.407 e. The van der Waals surface area contributed by atoms with Gasteiger partial charge in [0.1, 0.15) is 12.6 Å². The number of amides is 1. The number of hydrogen-bond donors (Lipinski definition) is 2. The van der Waals surface area contributed by atoms with Crippen molar-refractivity contribution >= 4 is 12.1 Å². The van der Waals surface area contributed by atoms with E-state index < -0.39 is 18.1 Å². The molecule has 1 aliphatic rings. The summed E-state index contributed by atoms with van der Waals surface area (Å²) in [5.74, 6) is 10.6. The van der Waals surface area contributed by atoms with Crippen molar-refractivity contribution in [1.82, 2.24) is 5.32 Å². The van der Waals surface area contributed by atoms with Crippen molar-refractivity contribution < 1.29 is 19.4 Å². The fourth-order valence-electron chi connectivity index (χ4n) is 3.42. The van der Waals surface area contributed by atoms with Crippen molar-refractivity contribution in [2.75, 3.05) is 6.61 Å². The van der Waals surface area contributed by atoms with Crippen LogP contribution in [0.5, 0.6) is 0 Å². The van der Waals surface area contributed by atoms with Crippen LogP contribution in [0.4, 0.5) is 4.79 Å². The quantitative estimate of drug-likeness (QED) is 0.784. The molecule has 5 heteroatoms. The van der Waals surface area contributed by atoms with Gasteiger partial charge in [-0.3, -0.25) is 4.79 Å². The first-order valence-electron chi connectivity index (χ1n) is 9.24. The Morgan fingerprint density at radius 3 is 2.00 bits per heavy atom. The third-order valence-corrected chi connectivity index (χ3v) is 4.77. The second-order valence-electron chi connectivity index (χ2n) is 6.71. The molecule has 0 radical (unpaired) electrons. The summed E-state index contributed by atoms with van der Waals surface area (Å²) in [6.45, 7) is 5.04. The predicted molar refractivity (Wildman–Crippen MR) is 110 cm³/mol. The van der Waals surface area contributed by atoms with Crippen LogP contribution in [0.1, 0.15) is 48.9 Å². The molecule has 0 heterocycles. The lowest BCUT2D eigenvalue weighted by molar-refractivity contribution is -0.138. The molecule has 5 nitrogen and oxygen atoms in total. The smallest absolute Gasteiger partial charge is 0.407 e. The summed E-state index contributed by atoms with van der Waals surface area (Å²) in [6.07, 6.45) is -0.760. The molecule has 2 N–H and O–H groups in total. The number of ether oxygens (including phenoxy) is 1. The van der Waals surface area contributed by atoms with E-state index in [9.17, 15) is 9.59 Å². The highest BCUT2D eigenvalue weighted by Crippen LogP contribution is 2.45. The van der Waals surface area contributed by atoms with Crippen molar-refractivity contribution in [1.29, 1.82) is 0 Å². The summed E-state index contributed by atoms with van der Waals surface area (Å²) < 4.78 is 5.37. The average molecular weight is 387 g/mol. The number of rotatable bonds is 4. The average Bonchev–Trinajstić information content (AvgIpc) is 2.99. The van der Waals surface area contributed by atoms with Gasteiger partial charge in [-0.05, 0) is 67.3 Å². The van der Waals surface area contributed by atoms with Crippen LogP contribution in [-0.4, -0.2) is 29.8 Å². The molecule has 0 spiro atoms. The van der Waals surface area contributed by atoms with E-state index in [2.05, 4.69) is 29.0 Å². The van der Waals surface area contributed by atoms with Gasteiger partial charge >= 0.3 is 12.1 Å². The molecule has 1 aliphatic carbocycles. The van der Waals surface area contributed by atoms with Gasteiger partial charge in [0.15, 0.2) is 0 Å². The zero-order chi connectivity index (χ0) is 21.0. The van der Waals surface area contributed by atoms with Crippen molar-refractivity contribution in [3.63, 3.8) is 0 Å². The summed E-state index contributed by atoms with van der Waals surface area (Å²) in [4.78, 5) is 23.0. The molecule has 0 bridgehead atoms. The molecule has 0 saturated carbocycles. The molecule has 0 saturated heterocycles. The van der Waals surface area contributed by atoms with Crippen molar-refractivity contribution in [3.05, 3.63) is 58.7 Å². The van der Waals surface area contributed by atoms with Crippen LogP contribution in [0.25, 0.3) is 11.1 Å². The van der Waals surface area contributed by atoms with Gasteiger partial charge in [-0.25, -0.2) is 4.79 Å². The molecule has 0 aromatic heterocycles. The molecule has 0 unspecified atom stereocenters. The summed E-state index contributed by atoms with van der Waals surface area (Å²) in [5, 5.41) is 11.2. The van der Waals surface area contributed by atoms with Crippen LogP contribution in [0.15, 0.2) is 36.4 Å². The Hall–Kier alpha value is -3.70. The lowest BCUT2D eigenvalue weighted by atomic mass is 9.95. The van der Waals surface area contributed by atoms with E-state index in [1.54, 1.807) is 13.8 Å². The summed E-state index contributed by atoms with van der Waals surface area (Å²) >= 11 is 0. The maximum absolute atomic E-state index is 12.0. The highest BCUT2D eigenvalue weighted by molar-refractivity contribution is 5.81. The minimum Gasteiger partial charge on any atom is -0.480 e. The number of nitrogens with one attached hydrogen (secondary N) is 1. The first kappa shape index (κ1) is 20.0. The monoisotopic (exact) mass is 387 g/mol. The van der Waals surface area contributed by atoms with Crippen LogP contribution in [0.2, 0.25) is 0 Å². The second-order valence-corrected chi connectivity index (χ2v) is 6.71. The van der Waals surface area contributed by atoms with Gasteiger partial charge in [0.25, 0.3) is 0 Å². The largest absolute Gasteiger partial charge is 0.480 e. The Morgan fingerprint density at radius 2 is 1.55 bits per heavy atom. The molecule has 0 fully saturated rings. The minimum atomic E-state index is -1.12. The number of carbonyl (C=O) groups excluding carboxylic acids is 1. The molecule has 1 amide bonds. The maximum atomic E-state index is 12.0. The second kappa shape index (κ2) is 8.54. The fourth-order valence-corrected chi connectivity index (χ4v) is 3.42. The van der Waals surface area contributed by atoms with Crippen LogP contribution < -0.4 is 5.32 Å². The summed E-state index contributed by atoms with van der Waals surface area (Å²) in [5.41, 5.74) is 5.99. The van der Waals surface area contributed by atoms with Crippen LogP contribution >= 0.6 is 0 Å². The van der Waals surface area contributed by atoms with Crippen LogP contribution in [-0.2, 0) is 9.53 Å². The van der Waals surface area contributed by atoms with Crippen molar-refractivity contribution in [3.8, 4) is 34.8 Å². The third-order valence-electron chi connectivity index (χ3n) is 4.77. The summed E-state index contributed by atoms with van der Waals surface area (Å²) in [7, 11) is 0. The molecule has 146 valence electrons. The van der Waals surface area contributed by atoms with Gasteiger partial charge in [-0.1, -0.05) is 24.0 Å². The molecule has 2 aromatic carbocycles. The van der Waals surface area contributed by atoms with E-state index in [1.807, 2.05) is 36.4 Å². The first-order valence-corrected chi connectivity index (χ1v) is 9.24. The molecular weight excluding hydrogens is 366 g/mol. The predicted octanol–water partition coefficient (Wildman–Crippen LogP) is 3.74. The highest BCUT2D eigenvalue weighted by Gasteiger charge is 2.30. The van der Waals surface area contributed by atoms with Gasteiger partial charge in [0.05, 0.1) is 0 Å². The molecule has 2 aromatic rings. The number of hydrogen-bond acceptors (Lipinski definition) is 3. The SMILES string of the molecule is CC#Cc1ccc2c(c1)C(COC(=O)N[C@H](C)C(=O)O)c1cc(C#CC)ccc1-2. The van der Waals surface area contributed by atoms with E-state index in [0.29, 0.717) is 0 Å². The molecule has 3 rings (SSSR count). The minimum absolute atomic E-state index is 0.0875. The molecule has 1 atom stereocenters. The number of fused-ring (bicyclic) bond motifs is 3. The topological polar surface area (TPSA) is 75.6 Å². The number of aliphatic carboxylic acids is 1. The van der Waals surface area contributed by atoms with Crippen LogP contribution in [0, 0.1) is 23.7 Å².